The van der Waals surface area contributed by atoms with Crippen LogP contribution in [0.15, 0.2) is 66.2 Å². The second kappa shape index (κ2) is 13.2. The molecule has 1 N–H and O–H groups in total. The number of aliphatic hydroxyl groups is 1. The molecule has 1 saturated heterocycles. The molecule has 1 aromatic heterocycles. The first kappa shape index (κ1) is 29.9. The molecule has 5 rings (SSSR count). The van der Waals surface area contributed by atoms with Gasteiger partial charge in [-0.05, 0) is 80.4 Å². The van der Waals surface area contributed by atoms with E-state index in [1.165, 1.54) is 16.2 Å². The molecule has 3 aromatic carbocycles. The van der Waals surface area contributed by atoms with Crippen LogP contribution < -0.4 is 23.8 Å². The highest BCUT2D eigenvalue weighted by atomic mass is 32.1. The van der Waals surface area contributed by atoms with E-state index < -0.39 is 17.7 Å². The summed E-state index contributed by atoms with van der Waals surface area (Å²) in [5, 5.41) is 11.9. The second-order valence-corrected chi connectivity index (χ2v) is 10.8. The maximum Gasteiger partial charge on any atom is 0.301 e. The summed E-state index contributed by atoms with van der Waals surface area (Å²) in [6.07, 6.45) is 1.87. The Bertz CT molecular complexity index is 1660. The fraction of sp³-hybridized carbons (Fsp3) is 0.303. The van der Waals surface area contributed by atoms with Crippen LogP contribution in [0, 0.1) is 0 Å². The van der Waals surface area contributed by atoms with Crippen molar-refractivity contribution in [3.8, 4) is 23.0 Å². The molecule has 0 saturated carbocycles. The Labute approximate surface area is 254 Å². The van der Waals surface area contributed by atoms with Crippen molar-refractivity contribution in [2.45, 2.75) is 39.7 Å². The number of ketones is 1. The number of aromatic nitrogens is 1. The van der Waals surface area contributed by atoms with Crippen molar-refractivity contribution in [1.82, 2.24) is 4.98 Å². The first-order valence-corrected chi connectivity index (χ1v) is 15.1. The van der Waals surface area contributed by atoms with Crippen molar-refractivity contribution in [3.63, 3.8) is 0 Å². The minimum absolute atomic E-state index is 0.0481. The van der Waals surface area contributed by atoms with E-state index >= 15 is 0 Å². The maximum absolute atomic E-state index is 13.7. The van der Waals surface area contributed by atoms with Crippen LogP contribution >= 0.6 is 11.3 Å². The minimum atomic E-state index is -0.974. The first-order valence-electron chi connectivity index (χ1n) is 14.3. The van der Waals surface area contributed by atoms with Gasteiger partial charge in [-0.3, -0.25) is 14.5 Å². The zero-order valence-corrected chi connectivity index (χ0v) is 25.4. The molecule has 1 unspecified atom stereocenters. The smallest absolute Gasteiger partial charge is 0.301 e. The molecular weight excluding hydrogens is 568 g/mol. The molecule has 0 aliphatic carbocycles. The SMILES string of the molecule is CCCCOc1ccc(C2/C(=C(\O)c3ccc(OCC)cc3)C(=O)C(=O)N2c2nc3ccc(OC)cc3s2)cc1OCC. The fourth-order valence-electron chi connectivity index (χ4n) is 4.91. The van der Waals surface area contributed by atoms with Crippen molar-refractivity contribution < 1.29 is 33.6 Å². The van der Waals surface area contributed by atoms with Gasteiger partial charge in [-0.15, -0.1) is 0 Å². The number of ether oxygens (including phenoxy) is 4. The lowest BCUT2D eigenvalue weighted by molar-refractivity contribution is -0.132. The minimum Gasteiger partial charge on any atom is -0.507 e. The van der Waals surface area contributed by atoms with Gasteiger partial charge in [0.05, 0.1) is 48.8 Å². The molecular formula is C33H34N2O7S. The van der Waals surface area contributed by atoms with E-state index in [9.17, 15) is 14.7 Å². The number of nitrogens with zero attached hydrogens (tertiary/aromatic N) is 2. The zero-order chi connectivity index (χ0) is 30.5. The van der Waals surface area contributed by atoms with E-state index in [0.717, 1.165) is 17.5 Å². The van der Waals surface area contributed by atoms with E-state index in [4.69, 9.17) is 23.9 Å². The number of aliphatic hydroxyl groups excluding tert-OH is 1. The quantitative estimate of drug-likeness (QED) is 0.0807. The standard InChI is InChI=1S/C33H34N2O7S/c1-5-8-17-42-25-16-11-21(18-26(25)41-7-3)29-28(30(36)20-9-12-22(13-10-20)40-6-2)31(37)32(38)35(29)33-34-24-15-14-23(39-4)19-27(24)43-33/h9-16,18-19,29,36H,5-8,17H2,1-4H3/b30-28+. The number of carbonyl (C=O) groups is 2. The molecule has 224 valence electrons. The van der Waals surface area contributed by atoms with Crippen LogP contribution in [0.4, 0.5) is 5.13 Å². The van der Waals surface area contributed by atoms with E-state index in [1.807, 2.05) is 19.9 Å². The Kier molecular flexibility index (Phi) is 9.16. The predicted molar refractivity (Wildman–Crippen MR) is 167 cm³/mol. The lowest BCUT2D eigenvalue weighted by Crippen LogP contribution is -2.29. The normalized spacial score (nSPS) is 16.1. The van der Waals surface area contributed by atoms with Crippen molar-refractivity contribution in [2.75, 3.05) is 31.8 Å². The summed E-state index contributed by atoms with van der Waals surface area (Å²) in [7, 11) is 1.58. The third kappa shape index (κ3) is 6.01. The summed E-state index contributed by atoms with van der Waals surface area (Å²) < 4.78 is 23.6. The molecule has 0 radical (unpaired) electrons. The molecule has 1 atom stereocenters. The van der Waals surface area contributed by atoms with Gasteiger partial charge < -0.3 is 24.1 Å². The summed E-state index contributed by atoms with van der Waals surface area (Å²) in [4.78, 5) is 33.5. The number of hydrogen-bond acceptors (Lipinski definition) is 9. The Balaban J connectivity index is 1.67. The third-order valence-electron chi connectivity index (χ3n) is 7.01. The summed E-state index contributed by atoms with van der Waals surface area (Å²) in [6, 6.07) is 16.5. The number of amides is 1. The van der Waals surface area contributed by atoms with Gasteiger partial charge in [-0.2, -0.15) is 0 Å². The summed E-state index contributed by atoms with van der Waals surface area (Å²) >= 11 is 1.26. The van der Waals surface area contributed by atoms with Crippen LogP contribution in [0.5, 0.6) is 23.0 Å². The first-order chi connectivity index (χ1) is 20.9. The number of hydrogen-bond donors (Lipinski definition) is 1. The number of fused-ring (bicyclic) bond motifs is 1. The van der Waals surface area contributed by atoms with Crippen LogP contribution in [-0.2, 0) is 9.59 Å². The maximum atomic E-state index is 13.7. The third-order valence-corrected chi connectivity index (χ3v) is 8.03. The monoisotopic (exact) mass is 602 g/mol. The largest absolute Gasteiger partial charge is 0.507 e. The highest BCUT2D eigenvalue weighted by Crippen LogP contribution is 2.46. The molecule has 43 heavy (non-hydrogen) atoms. The van der Waals surface area contributed by atoms with Gasteiger partial charge in [0, 0.05) is 5.56 Å². The van der Waals surface area contributed by atoms with Crippen molar-refractivity contribution in [3.05, 3.63) is 77.4 Å². The van der Waals surface area contributed by atoms with E-state index in [2.05, 4.69) is 6.92 Å². The van der Waals surface area contributed by atoms with Gasteiger partial charge in [0.15, 0.2) is 16.6 Å². The highest BCUT2D eigenvalue weighted by Gasteiger charge is 2.48. The van der Waals surface area contributed by atoms with Crippen molar-refractivity contribution >= 4 is 44.1 Å². The molecule has 9 nitrogen and oxygen atoms in total. The van der Waals surface area contributed by atoms with Gasteiger partial charge in [0.25, 0.3) is 5.78 Å². The number of methoxy groups -OCH3 is 1. The second-order valence-electron chi connectivity index (χ2n) is 9.80. The van der Waals surface area contributed by atoms with Gasteiger partial charge in [-0.25, -0.2) is 4.98 Å². The molecule has 1 aliphatic heterocycles. The Morgan fingerprint density at radius 2 is 1.65 bits per heavy atom. The van der Waals surface area contributed by atoms with Crippen LogP contribution in [-0.4, -0.2) is 48.7 Å². The molecule has 1 aliphatic rings. The van der Waals surface area contributed by atoms with Gasteiger partial charge in [0.2, 0.25) is 0 Å². The van der Waals surface area contributed by atoms with Crippen LogP contribution in [0.3, 0.4) is 0 Å². The molecule has 0 bridgehead atoms. The summed E-state index contributed by atoms with van der Waals surface area (Å²) in [5.74, 6) is 0.432. The Hall–Kier alpha value is -4.57. The molecule has 1 amide bonds. The summed E-state index contributed by atoms with van der Waals surface area (Å²) in [6.45, 7) is 7.24. The Morgan fingerprint density at radius 1 is 0.907 bits per heavy atom. The molecule has 2 heterocycles. The molecule has 1 fully saturated rings. The van der Waals surface area contributed by atoms with Gasteiger partial charge >= 0.3 is 5.91 Å². The van der Waals surface area contributed by atoms with Crippen LogP contribution in [0.1, 0.15) is 50.8 Å². The number of Topliss-reactive ketones (excluding diaryl/α,β-unsaturated/α-hetero) is 1. The van der Waals surface area contributed by atoms with Crippen molar-refractivity contribution in [1.29, 1.82) is 0 Å². The number of unbranched alkanes of at least 4 members (excludes halogenated alkanes) is 1. The molecule has 0 spiro atoms. The van der Waals surface area contributed by atoms with Gasteiger partial charge in [-0.1, -0.05) is 30.7 Å². The van der Waals surface area contributed by atoms with Crippen LogP contribution in [0.2, 0.25) is 0 Å². The van der Waals surface area contributed by atoms with E-state index in [-0.39, 0.29) is 11.3 Å². The van der Waals surface area contributed by atoms with Gasteiger partial charge in [0.1, 0.15) is 17.3 Å². The molecule has 10 heteroatoms. The number of carbonyl (C=O) groups excluding carboxylic acids is 2. The van der Waals surface area contributed by atoms with Crippen LogP contribution in [0.25, 0.3) is 16.0 Å². The lowest BCUT2D eigenvalue weighted by Gasteiger charge is -2.24. The highest BCUT2D eigenvalue weighted by molar-refractivity contribution is 7.22. The number of thiazole rings is 1. The average Bonchev–Trinajstić information content (AvgIpc) is 3.55. The number of rotatable bonds is 12. The van der Waals surface area contributed by atoms with E-state index in [1.54, 1.807) is 61.7 Å². The van der Waals surface area contributed by atoms with Crippen molar-refractivity contribution in [2.24, 2.45) is 0 Å². The lowest BCUT2D eigenvalue weighted by atomic mass is 9.95. The average molecular weight is 603 g/mol. The fourth-order valence-corrected chi connectivity index (χ4v) is 5.93. The number of anilines is 1. The number of benzene rings is 3. The zero-order valence-electron chi connectivity index (χ0n) is 24.6. The predicted octanol–water partition coefficient (Wildman–Crippen LogP) is 6.91. The Morgan fingerprint density at radius 3 is 2.35 bits per heavy atom. The summed E-state index contributed by atoms with van der Waals surface area (Å²) in [5.41, 5.74) is 1.55. The topological polar surface area (TPSA) is 107 Å². The molecule has 4 aromatic rings. The van der Waals surface area contributed by atoms with E-state index in [0.29, 0.717) is 64.6 Å².